The molecule has 2 aliphatic rings. The van der Waals surface area contributed by atoms with Crippen molar-refractivity contribution in [3.05, 3.63) is 12.2 Å². The molecule has 0 aromatic rings. The lowest BCUT2D eigenvalue weighted by Crippen LogP contribution is -2.37. The van der Waals surface area contributed by atoms with Crippen LogP contribution in [0.15, 0.2) is 12.2 Å². The fraction of sp³-hybridized carbons (Fsp3) is 0.692. The van der Waals surface area contributed by atoms with Crippen LogP contribution in [0.3, 0.4) is 0 Å². The Balaban J connectivity index is 2.56. The van der Waals surface area contributed by atoms with Crippen LogP contribution in [0.25, 0.3) is 0 Å². The highest BCUT2D eigenvalue weighted by Crippen LogP contribution is 2.58. The summed E-state index contributed by atoms with van der Waals surface area (Å²) in [5, 5.41) is 0. The monoisotopic (exact) mass is 206 g/mol. The predicted molar refractivity (Wildman–Crippen MR) is 58.4 cm³/mol. The van der Waals surface area contributed by atoms with Crippen molar-refractivity contribution in [1.29, 1.82) is 0 Å². The molecule has 0 radical (unpaired) electrons. The zero-order valence-electron chi connectivity index (χ0n) is 9.72. The third-order valence-electron chi connectivity index (χ3n) is 4.77. The summed E-state index contributed by atoms with van der Waals surface area (Å²) in [5.41, 5.74) is 0.473. The summed E-state index contributed by atoms with van der Waals surface area (Å²) < 4.78 is 0. The SMILES string of the molecule is C=C1CCC(=O)C2CC1(C)C(C)(C)C2=O. The lowest BCUT2D eigenvalue weighted by Gasteiger charge is -2.38. The molecule has 0 aromatic carbocycles. The van der Waals surface area contributed by atoms with Crippen molar-refractivity contribution in [2.24, 2.45) is 16.7 Å². The molecule has 2 bridgehead atoms. The summed E-state index contributed by atoms with van der Waals surface area (Å²) in [6.45, 7) is 10.1. The van der Waals surface area contributed by atoms with E-state index in [2.05, 4.69) is 13.5 Å². The Morgan fingerprint density at radius 2 is 1.80 bits per heavy atom. The van der Waals surface area contributed by atoms with Gasteiger partial charge in [-0.2, -0.15) is 0 Å². The second-order valence-electron chi connectivity index (χ2n) is 5.65. The molecule has 0 spiro atoms. The van der Waals surface area contributed by atoms with E-state index in [9.17, 15) is 9.59 Å². The number of Topliss-reactive ketones (excluding diaryl/α,β-unsaturated/α-hetero) is 2. The number of allylic oxidation sites excluding steroid dienone is 1. The molecular weight excluding hydrogens is 188 g/mol. The van der Waals surface area contributed by atoms with Crippen LogP contribution < -0.4 is 0 Å². The fourth-order valence-corrected chi connectivity index (χ4v) is 3.03. The van der Waals surface area contributed by atoms with Gasteiger partial charge in [0.05, 0.1) is 5.92 Å². The van der Waals surface area contributed by atoms with E-state index in [1.54, 1.807) is 0 Å². The van der Waals surface area contributed by atoms with Crippen LogP contribution in [-0.2, 0) is 9.59 Å². The summed E-state index contributed by atoms with van der Waals surface area (Å²) in [7, 11) is 0. The molecule has 2 rings (SSSR count). The first kappa shape index (κ1) is 10.6. The van der Waals surface area contributed by atoms with E-state index < -0.39 is 5.41 Å². The zero-order valence-corrected chi connectivity index (χ0v) is 9.72. The highest BCUT2D eigenvalue weighted by molar-refractivity contribution is 6.07. The van der Waals surface area contributed by atoms with Crippen molar-refractivity contribution in [1.82, 2.24) is 0 Å². The molecule has 2 fully saturated rings. The van der Waals surface area contributed by atoms with E-state index in [1.165, 1.54) is 0 Å². The first-order valence-electron chi connectivity index (χ1n) is 5.56. The van der Waals surface area contributed by atoms with Gasteiger partial charge in [0.15, 0.2) is 0 Å². The summed E-state index contributed by atoms with van der Waals surface area (Å²) >= 11 is 0. The van der Waals surface area contributed by atoms with Crippen LogP contribution in [-0.4, -0.2) is 11.6 Å². The van der Waals surface area contributed by atoms with Crippen molar-refractivity contribution >= 4 is 11.6 Å². The average Bonchev–Trinajstić information content (AvgIpc) is 2.30. The van der Waals surface area contributed by atoms with Crippen molar-refractivity contribution in [2.75, 3.05) is 0 Å². The number of hydrogen-bond acceptors (Lipinski definition) is 2. The van der Waals surface area contributed by atoms with Gasteiger partial charge in [-0.25, -0.2) is 0 Å². The Kier molecular flexibility index (Phi) is 1.98. The van der Waals surface area contributed by atoms with Gasteiger partial charge in [-0.05, 0) is 12.8 Å². The molecule has 0 N–H and O–H groups in total. The largest absolute Gasteiger partial charge is 0.299 e. The van der Waals surface area contributed by atoms with Gasteiger partial charge in [0.2, 0.25) is 0 Å². The van der Waals surface area contributed by atoms with E-state index in [0.717, 1.165) is 12.0 Å². The van der Waals surface area contributed by atoms with Crippen LogP contribution >= 0.6 is 0 Å². The van der Waals surface area contributed by atoms with Crippen molar-refractivity contribution in [2.45, 2.75) is 40.0 Å². The van der Waals surface area contributed by atoms with E-state index in [4.69, 9.17) is 0 Å². The molecule has 2 atom stereocenters. The molecule has 0 amide bonds. The highest BCUT2D eigenvalue weighted by atomic mass is 16.2. The van der Waals surface area contributed by atoms with Gasteiger partial charge in [0, 0.05) is 17.3 Å². The van der Waals surface area contributed by atoms with Crippen LogP contribution in [0.4, 0.5) is 0 Å². The first-order valence-corrected chi connectivity index (χ1v) is 5.56. The Bertz CT molecular complexity index is 365. The normalized spacial score (nSPS) is 39.4. The van der Waals surface area contributed by atoms with E-state index in [-0.39, 0.29) is 22.9 Å². The van der Waals surface area contributed by atoms with E-state index >= 15 is 0 Å². The molecule has 2 aliphatic carbocycles. The predicted octanol–water partition coefficient (Wildman–Crippen LogP) is 2.53. The lowest BCUT2D eigenvalue weighted by molar-refractivity contribution is -0.135. The third-order valence-corrected chi connectivity index (χ3v) is 4.77. The van der Waals surface area contributed by atoms with Crippen molar-refractivity contribution in [3.63, 3.8) is 0 Å². The smallest absolute Gasteiger partial charge is 0.149 e. The summed E-state index contributed by atoms with van der Waals surface area (Å²) in [6, 6.07) is 0. The topological polar surface area (TPSA) is 34.1 Å². The quantitative estimate of drug-likeness (QED) is 0.451. The minimum Gasteiger partial charge on any atom is -0.299 e. The van der Waals surface area contributed by atoms with Crippen molar-refractivity contribution in [3.8, 4) is 0 Å². The maximum Gasteiger partial charge on any atom is 0.149 e. The number of hydrogen-bond donors (Lipinski definition) is 0. The second-order valence-corrected chi connectivity index (χ2v) is 5.65. The number of carbonyl (C=O) groups is 2. The second kappa shape index (κ2) is 2.81. The van der Waals surface area contributed by atoms with Gasteiger partial charge in [-0.3, -0.25) is 9.59 Å². The molecule has 2 nitrogen and oxygen atoms in total. The molecule has 0 aliphatic heterocycles. The van der Waals surface area contributed by atoms with Gasteiger partial charge in [-0.1, -0.05) is 32.9 Å². The number of carbonyl (C=O) groups excluding carboxylic acids is 2. The van der Waals surface area contributed by atoms with Crippen LogP contribution in [0.2, 0.25) is 0 Å². The van der Waals surface area contributed by atoms with Crippen LogP contribution in [0.1, 0.15) is 40.0 Å². The summed E-state index contributed by atoms with van der Waals surface area (Å²) in [6.07, 6.45) is 1.93. The molecule has 15 heavy (non-hydrogen) atoms. The molecule has 0 aromatic heterocycles. The maximum absolute atomic E-state index is 12.2. The van der Waals surface area contributed by atoms with Gasteiger partial charge >= 0.3 is 0 Å². The molecular formula is C13H18O2. The van der Waals surface area contributed by atoms with Crippen LogP contribution in [0, 0.1) is 16.7 Å². The number of ketones is 2. The summed E-state index contributed by atoms with van der Waals surface area (Å²) in [5.74, 6) is -0.115. The minimum absolute atomic E-state index is 0.121. The van der Waals surface area contributed by atoms with Gasteiger partial charge < -0.3 is 0 Å². The highest BCUT2D eigenvalue weighted by Gasteiger charge is 2.59. The van der Waals surface area contributed by atoms with E-state index in [1.807, 2.05) is 13.8 Å². The Morgan fingerprint density at radius 3 is 2.40 bits per heavy atom. The van der Waals surface area contributed by atoms with Gasteiger partial charge in [0.25, 0.3) is 0 Å². The lowest BCUT2D eigenvalue weighted by atomic mass is 9.64. The van der Waals surface area contributed by atoms with Crippen molar-refractivity contribution < 1.29 is 9.59 Å². The Morgan fingerprint density at radius 1 is 1.20 bits per heavy atom. The molecule has 2 heteroatoms. The number of fused-ring (bicyclic) bond motifs is 2. The summed E-state index contributed by atoms with van der Waals surface area (Å²) in [4.78, 5) is 24.0. The third kappa shape index (κ3) is 1.11. The first-order chi connectivity index (χ1) is 6.80. The fourth-order valence-electron chi connectivity index (χ4n) is 3.03. The average molecular weight is 206 g/mol. The molecule has 0 saturated heterocycles. The minimum atomic E-state index is -0.426. The zero-order chi connectivity index (χ0) is 11.4. The van der Waals surface area contributed by atoms with Gasteiger partial charge in [0.1, 0.15) is 11.6 Å². The standard InChI is InChI=1S/C13H18O2/c1-8-5-6-10(14)9-7-13(8,4)12(2,3)11(9)15/h9H,1,5-7H2,2-4H3. The number of rotatable bonds is 0. The van der Waals surface area contributed by atoms with Crippen LogP contribution in [0.5, 0.6) is 0 Å². The molecule has 2 saturated carbocycles. The molecule has 2 unspecified atom stereocenters. The Labute approximate surface area is 90.7 Å². The van der Waals surface area contributed by atoms with Gasteiger partial charge in [-0.15, -0.1) is 0 Å². The van der Waals surface area contributed by atoms with E-state index in [0.29, 0.717) is 12.8 Å². The maximum atomic E-state index is 12.2. The molecule has 0 heterocycles. The molecule has 82 valence electrons. The Hall–Kier alpha value is -0.920.